The molecule has 0 saturated carbocycles. The van der Waals surface area contributed by atoms with Crippen molar-refractivity contribution in [1.29, 1.82) is 0 Å². The van der Waals surface area contributed by atoms with Gasteiger partial charge in [0.15, 0.2) is 5.76 Å². The zero-order valence-corrected chi connectivity index (χ0v) is 10.6. The van der Waals surface area contributed by atoms with E-state index in [0.29, 0.717) is 24.1 Å². The molecular formula is C12H17N3O2. The fourth-order valence-electron chi connectivity index (χ4n) is 1.35. The Kier molecular flexibility index (Phi) is 3.02. The molecule has 92 valence electrons. The molecule has 0 spiro atoms. The van der Waals surface area contributed by atoms with E-state index in [2.05, 4.69) is 36.3 Å². The Labute approximate surface area is 100 Å². The van der Waals surface area contributed by atoms with E-state index < -0.39 is 0 Å². The van der Waals surface area contributed by atoms with Gasteiger partial charge in [0.2, 0.25) is 5.89 Å². The lowest BCUT2D eigenvalue weighted by Gasteiger charge is -2.18. The third kappa shape index (κ3) is 2.94. The summed E-state index contributed by atoms with van der Waals surface area (Å²) in [6.07, 6.45) is 1.61. The van der Waals surface area contributed by atoms with Crippen LogP contribution in [-0.2, 0) is 6.54 Å². The zero-order chi connectivity index (χ0) is 12.5. The van der Waals surface area contributed by atoms with E-state index in [1.807, 2.05) is 13.0 Å². The highest BCUT2D eigenvalue weighted by molar-refractivity contribution is 5.49. The Morgan fingerprint density at radius 2 is 2.06 bits per heavy atom. The summed E-state index contributed by atoms with van der Waals surface area (Å²) in [4.78, 5) is 0. The Morgan fingerprint density at radius 3 is 2.65 bits per heavy atom. The summed E-state index contributed by atoms with van der Waals surface area (Å²) >= 11 is 0. The first kappa shape index (κ1) is 11.9. The zero-order valence-electron chi connectivity index (χ0n) is 10.6. The van der Waals surface area contributed by atoms with Crippen molar-refractivity contribution >= 4 is 0 Å². The lowest BCUT2D eigenvalue weighted by atomic mass is 10.1. The number of hydrogen-bond acceptors (Lipinski definition) is 5. The van der Waals surface area contributed by atoms with E-state index >= 15 is 0 Å². The molecule has 0 bridgehead atoms. The fourth-order valence-corrected chi connectivity index (χ4v) is 1.35. The van der Waals surface area contributed by atoms with Gasteiger partial charge in [0.05, 0.1) is 12.8 Å². The number of nitrogens with one attached hydrogen (secondary N) is 1. The van der Waals surface area contributed by atoms with Gasteiger partial charge in [-0.3, -0.25) is 0 Å². The number of furan rings is 1. The van der Waals surface area contributed by atoms with Gasteiger partial charge >= 0.3 is 0 Å². The summed E-state index contributed by atoms with van der Waals surface area (Å²) in [5.74, 6) is 1.63. The lowest BCUT2D eigenvalue weighted by Crippen LogP contribution is -2.35. The summed E-state index contributed by atoms with van der Waals surface area (Å²) in [5.41, 5.74) is 1.01. The average Bonchev–Trinajstić information content (AvgIpc) is 2.81. The Balaban J connectivity index is 2.09. The maximum absolute atomic E-state index is 5.53. The molecule has 0 aliphatic heterocycles. The van der Waals surface area contributed by atoms with Crippen molar-refractivity contribution in [1.82, 2.24) is 15.5 Å². The molecule has 0 amide bonds. The lowest BCUT2D eigenvalue weighted by molar-refractivity contribution is 0.381. The summed E-state index contributed by atoms with van der Waals surface area (Å²) in [6, 6.07) is 1.87. The van der Waals surface area contributed by atoms with Crippen LogP contribution in [0.4, 0.5) is 0 Å². The van der Waals surface area contributed by atoms with Crippen LogP contribution in [0.15, 0.2) is 21.2 Å². The van der Waals surface area contributed by atoms with Crippen molar-refractivity contribution in [3.8, 4) is 11.7 Å². The van der Waals surface area contributed by atoms with Crippen LogP contribution in [0.25, 0.3) is 11.7 Å². The van der Waals surface area contributed by atoms with E-state index in [4.69, 9.17) is 8.83 Å². The molecule has 0 atom stereocenters. The monoisotopic (exact) mass is 235 g/mol. The molecule has 2 aromatic rings. The van der Waals surface area contributed by atoms with E-state index in [0.717, 1.165) is 5.56 Å². The van der Waals surface area contributed by atoms with Crippen molar-refractivity contribution in [3.63, 3.8) is 0 Å². The Morgan fingerprint density at radius 1 is 1.29 bits per heavy atom. The van der Waals surface area contributed by atoms with Gasteiger partial charge in [0, 0.05) is 11.1 Å². The van der Waals surface area contributed by atoms with Crippen molar-refractivity contribution in [2.45, 2.75) is 39.8 Å². The van der Waals surface area contributed by atoms with Crippen LogP contribution in [0.5, 0.6) is 0 Å². The summed E-state index contributed by atoms with van der Waals surface area (Å²) < 4.78 is 10.8. The molecule has 1 N–H and O–H groups in total. The Bertz CT molecular complexity index is 494. The maximum Gasteiger partial charge on any atom is 0.283 e. The van der Waals surface area contributed by atoms with Crippen molar-refractivity contribution in [3.05, 3.63) is 23.8 Å². The summed E-state index contributed by atoms with van der Waals surface area (Å²) in [6.45, 7) is 8.75. The van der Waals surface area contributed by atoms with Crippen LogP contribution in [0.2, 0.25) is 0 Å². The third-order valence-electron chi connectivity index (χ3n) is 2.29. The van der Waals surface area contributed by atoms with E-state index in [1.165, 1.54) is 0 Å². The van der Waals surface area contributed by atoms with Gasteiger partial charge < -0.3 is 14.2 Å². The van der Waals surface area contributed by atoms with E-state index in [1.54, 1.807) is 6.26 Å². The van der Waals surface area contributed by atoms with Crippen molar-refractivity contribution in [2.75, 3.05) is 0 Å². The highest BCUT2D eigenvalue weighted by Crippen LogP contribution is 2.22. The third-order valence-corrected chi connectivity index (χ3v) is 2.29. The number of nitrogens with zero attached hydrogens (tertiary/aromatic N) is 2. The predicted octanol–water partition coefficient (Wildman–Crippen LogP) is 2.53. The topological polar surface area (TPSA) is 64.1 Å². The second-order valence-electron chi connectivity index (χ2n) is 5.04. The predicted molar refractivity (Wildman–Crippen MR) is 63.3 cm³/mol. The molecule has 0 aromatic carbocycles. The molecule has 5 nitrogen and oxygen atoms in total. The summed E-state index contributed by atoms with van der Waals surface area (Å²) in [5, 5.41) is 11.2. The number of aryl methyl sites for hydroxylation is 1. The van der Waals surface area contributed by atoms with E-state index in [-0.39, 0.29) is 5.54 Å². The van der Waals surface area contributed by atoms with Crippen molar-refractivity contribution in [2.24, 2.45) is 0 Å². The first-order valence-electron chi connectivity index (χ1n) is 5.57. The highest BCUT2D eigenvalue weighted by atomic mass is 16.4. The van der Waals surface area contributed by atoms with Crippen LogP contribution in [0.3, 0.4) is 0 Å². The fraction of sp³-hybridized carbons (Fsp3) is 0.500. The van der Waals surface area contributed by atoms with Crippen LogP contribution in [0, 0.1) is 6.92 Å². The quantitative estimate of drug-likeness (QED) is 0.885. The minimum atomic E-state index is 0.0230. The van der Waals surface area contributed by atoms with Gasteiger partial charge in [0.1, 0.15) is 0 Å². The van der Waals surface area contributed by atoms with Crippen LogP contribution >= 0.6 is 0 Å². The number of hydrogen-bond donors (Lipinski definition) is 1. The van der Waals surface area contributed by atoms with Crippen LogP contribution < -0.4 is 5.32 Å². The number of aromatic nitrogens is 2. The number of rotatable bonds is 3. The minimum absolute atomic E-state index is 0.0230. The van der Waals surface area contributed by atoms with Gasteiger partial charge in [-0.05, 0) is 33.8 Å². The molecule has 0 radical (unpaired) electrons. The van der Waals surface area contributed by atoms with E-state index in [9.17, 15) is 0 Å². The molecule has 2 heterocycles. The molecule has 2 aromatic heterocycles. The standard InChI is InChI=1S/C12H17N3O2/c1-8-5-6-16-10(8)11-15-14-9(17-11)7-13-12(2,3)4/h5-6,13H,7H2,1-4H3. The van der Waals surface area contributed by atoms with Gasteiger partial charge in [-0.1, -0.05) is 0 Å². The Hall–Kier alpha value is -1.62. The smallest absolute Gasteiger partial charge is 0.283 e. The SMILES string of the molecule is Cc1ccoc1-c1nnc(CNC(C)(C)C)o1. The summed E-state index contributed by atoms with van der Waals surface area (Å²) in [7, 11) is 0. The van der Waals surface area contributed by atoms with Crippen molar-refractivity contribution < 1.29 is 8.83 Å². The molecule has 2 rings (SSSR count). The molecule has 0 aliphatic rings. The van der Waals surface area contributed by atoms with Gasteiger partial charge in [-0.25, -0.2) is 0 Å². The normalized spacial score (nSPS) is 12.0. The molecule has 0 unspecified atom stereocenters. The largest absolute Gasteiger partial charge is 0.459 e. The maximum atomic E-state index is 5.53. The molecular weight excluding hydrogens is 218 g/mol. The molecule has 0 fully saturated rings. The second-order valence-corrected chi connectivity index (χ2v) is 5.04. The highest BCUT2D eigenvalue weighted by Gasteiger charge is 2.15. The van der Waals surface area contributed by atoms with Gasteiger partial charge in [-0.15, -0.1) is 10.2 Å². The van der Waals surface area contributed by atoms with Gasteiger partial charge in [-0.2, -0.15) is 0 Å². The molecule has 0 aliphatic carbocycles. The van der Waals surface area contributed by atoms with Crippen LogP contribution in [-0.4, -0.2) is 15.7 Å². The molecule has 0 saturated heterocycles. The second kappa shape index (κ2) is 4.33. The average molecular weight is 235 g/mol. The first-order valence-corrected chi connectivity index (χ1v) is 5.57. The first-order chi connectivity index (χ1) is 7.96. The van der Waals surface area contributed by atoms with Gasteiger partial charge in [0.25, 0.3) is 5.89 Å². The molecule has 17 heavy (non-hydrogen) atoms. The minimum Gasteiger partial charge on any atom is -0.459 e. The van der Waals surface area contributed by atoms with Crippen LogP contribution in [0.1, 0.15) is 32.2 Å². The molecule has 5 heteroatoms.